The van der Waals surface area contributed by atoms with Crippen molar-refractivity contribution >= 4 is 23.5 Å². The highest BCUT2D eigenvalue weighted by molar-refractivity contribution is 5.99. The highest BCUT2D eigenvalue weighted by Gasteiger charge is 2.27. The number of nitrogens with one attached hydrogen (secondary N) is 2. The Morgan fingerprint density at radius 3 is 2.23 bits per heavy atom. The quantitative estimate of drug-likeness (QED) is 0.690. The van der Waals surface area contributed by atoms with Gasteiger partial charge in [0.25, 0.3) is 0 Å². The molecule has 1 aliphatic rings. The van der Waals surface area contributed by atoms with Crippen LogP contribution in [-0.4, -0.2) is 35.7 Å². The highest BCUT2D eigenvalue weighted by Crippen LogP contribution is 2.29. The molecule has 3 rings (SSSR count). The van der Waals surface area contributed by atoms with E-state index in [9.17, 15) is 14.0 Å². The largest absolute Gasteiger partial charge is 0.444 e. The van der Waals surface area contributed by atoms with Gasteiger partial charge in [-0.15, -0.1) is 0 Å². The van der Waals surface area contributed by atoms with Crippen LogP contribution in [0.15, 0.2) is 48.5 Å². The minimum absolute atomic E-state index is 0.128. The van der Waals surface area contributed by atoms with Crippen LogP contribution < -0.4 is 10.6 Å². The van der Waals surface area contributed by atoms with Crippen LogP contribution in [0.4, 0.5) is 25.4 Å². The molecule has 0 atom stereocenters. The molecule has 2 aromatic rings. The number of para-hydroxylation sites is 1. The summed E-state index contributed by atoms with van der Waals surface area (Å²) in [6.07, 6.45) is 1.46. The predicted octanol–water partition coefficient (Wildman–Crippen LogP) is 5.58. The van der Waals surface area contributed by atoms with Crippen LogP contribution in [0.25, 0.3) is 0 Å². The number of carbonyl (C=O) groups is 2. The molecule has 0 aliphatic carbocycles. The molecule has 0 unspecified atom stereocenters. The molecule has 0 saturated carbocycles. The second kappa shape index (κ2) is 9.15. The molecule has 0 spiro atoms. The first-order chi connectivity index (χ1) is 14.2. The Balaban J connectivity index is 1.51. The van der Waals surface area contributed by atoms with E-state index in [1.807, 2.05) is 45.0 Å². The minimum Gasteiger partial charge on any atom is -0.444 e. The van der Waals surface area contributed by atoms with E-state index >= 15 is 0 Å². The topological polar surface area (TPSA) is 70.7 Å². The summed E-state index contributed by atoms with van der Waals surface area (Å²) in [6, 6.07) is 13.1. The number of piperidine rings is 1. The van der Waals surface area contributed by atoms with Crippen LogP contribution in [0.3, 0.4) is 0 Å². The molecule has 0 radical (unpaired) electrons. The second-order valence-corrected chi connectivity index (χ2v) is 8.42. The van der Waals surface area contributed by atoms with E-state index in [-0.39, 0.29) is 11.8 Å². The molecule has 1 heterocycles. The zero-order chi connectivity index (χ0) is 21.7. The van der Waals surface area contributed by atoms with Crippen molar-refractivity contribution in [3.63, 3.8) is 0 Å². The molecule has 30 heavy (non-hydrogen) atoms. The fourth-order valence-corrected chi connectivity index (χ4v) is 3.41. The average molecular weight is 413 g/mol. The zero-order valence-electron chi connectivity index (χ0n) is 17.6. The predicted molar refractivity (Wildman–Crippen MR) is 115 cm³/mol. The number of halogens is 1. The van der Waals surface area contributed by atoms with Gasteiger partial charge in [-0.2, -0.15) is 0 Å². The number of amides is 3. The van der Waals surface area contributed by atoms with Gasteiger partial charge in [0, 0.05) is 18.8 Å². The van der Waals surface area contributed by atoms with E-state index < -0.39 is 17.4 Å². The Labute approximate surface area is 176 Å². The van der Waals surface area contributed by atoms with Gasteiger partial charge < -0.3 is 20.3 Å². The molecule has 6 nitrogen and oxygen atoms in total. The van der Waals surface area contributed by atoms with Crippen LogP contribution in [0.2, 0.25) is 0 Å². The van der Waals surface area contributed by atoms with E-state index in [1.54, 1.807) is 17.0 Å². The van der Waals surface area contributed by atoms with Gasteiger partial charge in [0.15, 0.2) is 0 Å². The Morgan fingerprint density at radius 1 is 1.00 bits per heavy atom. The summed E-state index contributed by atoms with van der Waals surface area (Å²) in [6.45, 7) is 6.91. The van der Waals surface area contributed by atoms with Crippen molar-refractivity contribution in [2.24, 2.45) is 0 Å². The third-order valence-corrected chi connectivity index (χ3v) is 4.91. The molecule has 1 saturated heterocycles. The summed E-state index contributed by atoms with van der Waals surface area (Å²) in [4.78, 5) is 26.0. The van der Waals surface area contributed by atoms with Gasteiger partial charge in [-0.3, -0.25) is 0 Å². The van der Waals surface area contributed by atoms with E-state index in [4.69, 9.17) is 4.74 Å². The van der Waals surface area contributed by atoms with Gasteiger partial charge in [-0.25, -0.2) is 14.0 Å². The van der Waals surface area contributed by atoms with Crippen LogP contribution in [0.1, 0.15) is 45.1 Å². The molecule has 1 aliphatic heterocycles. The van der Waals surface area contributed by atoms with Crippen molar-refractivity contribution in [1.82, 2.24) is 4.90 Å². The van der Waals surface area contributed by atoms with Crippen LogP contribution in [-0.2, 0) is 4.74 Å². The number of nitrogens with zero attached hydrogens (tertiary/aromatic N) is 1. The van der Waals surface area contributed by atoms with E-state index in [1.165, 1.54) is 17.7 Å². The van der Waals surface area contributed by atoms with Gasteiger partial charge in [-0.1, -0.05) is 24.3 Å². The molecule has 160 valence electrons. The lowest BCUT2D eigenvalue weighted by Crippen LogP contribution is -2.41. The van der Waals surface area contributed by atoms with Crippen LogP contribution in [0.5, 0.6) is 0 Å². The van der Waals surface area contributed by atoms with Gasteiger partial charge in [0.05, 0.1) is 5.69 Å². The molecule has 7 heteroatoms. The lowest BCUT2D eigenvalue weighted by molar-refractivity contribution is 0.0205. The smallest absolute Gasteiger partial charge is 0.410 e. The molecular formula is C23H28FN3O3. The Morgan fingerprint density at radius 2 is 1.63 bits per heavy atom. The number of carbonyl (C=O) groups excluding carboxylic acids is 2. The normalized spacial score (nSPS) is 14.9. The van der Waals surface area contributed by atoms with Crippen molar-refractivity contribution in [3.05, 3.63) is 59.9 Å². The Bertz CT molecular complexity index is 885. The number of anilines is 2. The SMILES string of the molecule is CC(C)(C)OC(=O)N1CCC(c2ccc(NC(=O)Nc3ccccc3F)cc2)CC1. The maximum Gasteiger partial charge on any atom is 0.410 e. The first kappa shape index (κ1) is 21.6. The first-order valence-electron chi connectivity index (χ1n) is 10.1. The summed E-state index contributed by atoms with van der Waals surface area (Å²) < 4.78 is 19.1. The third-order valence-electron chi connectivity index (χ3n) is 4.91. The standard InChI is InChI=1S/C23H28FN3O3/c1-23(2,3)30-22(29)27-14-12-17(13-15-27)16-8-10-18(11-9-16)25-21(28)26-20-7-5-4-6-19(20)24/h4-11,17H,12-15H2,1-3H3,(H2,25,26,28). The number of rotatable bonds is 3. The second-order valence-electron chi connectivity index (χ2n) is 8.42. The average Bonchev–Trinajstić information content (AvgIpc) is 2.69. The van der Waals surface area contributed by atoms with Gasteiger partial charge in [0.1, 0.15) is 11.4 Å². The maximum absolute atomic E-state index is 13.6. The van der Waals surface area contributed by atoms with Gasteiger partial charge in [0.2, 0.25) is 0 Å². The zero-order valence-corrected chi connectivity index (χ0v) is 17.6. The Kier molecular flexibility index (Phi) is 6.59. The monoisotopic (exact) mass is 413 g/mol. The summed E-state index contributed by atoms with van der Waals surface area (Å²) in [5.74, 6) is -0.134. The number of hydrogen-bond donors (Lipinski definition) is 2. The van der Waals surface area contributed by atoms with Crippen LogP contribution in [0, 0.1) is 5.82 Å². The number of hydrogen-bond acceptors (Lipinski definition) is 3. The van der Waals surface area contributed by atoms with Gasteiger partial charge >= 0.3 is 12.1 Å². The number of urea groups is 1. The maximum atomic E-state index is 13.6. The number of ether oxygens (including phenoxy) is 1. The molecule has 2 N–H and O–H groups in total. The van der Waals surface area contributed by atoms with Crippen molar-refractivity contribution < 1.29 is 18.7 Å². The number of likely N-dealkylation sites (tertiary alicyclic amines) is 1. The Hall–Kier alpha value is -3.09. The molecule has 3 amide bonds. The molecule has 0 aromatic heterocycles. The minimum atomic E-state index is -0.501. The van der Waals surface area contributed by atoms with E-state index in [0.717, 1.165) is 12.8 Å². The van der Waals surface area contributed by atoms with Crippen molar-refractivity contribution in [3.8, 4) is 0 Å². The molecule has 0 bridgehead atoms. The first-order valence-corrected chi connectivity index (χ1v) is 10.1. The molecule has 1 fully saturated rings. The highest BCUT2D eigenvalue weighted by atomic mass is 19.1. The fourth-order valence-electron chi connectivity index (χ4n) is 3.41. The molecular weight excluding hydrogens is 385 g/mol. The van der Waals surface area contributed by atoms with Gasteiger partial charge in [-0.05, 0) is 69.4 Å². The van der Waals surface area contributed by atoms with E-state index in [2.05, 4.69) is 10.6 Å². The van der Waals surface area contributed by atoms with Crippen molar-refractivity contribution in [2.75, 3.05) is 23.7 Å². The van der Waals surface area contributed by atoms with E-state index in [0.29, 0.717) is 24.7 Å². The summed E-state index contributed by atoms with van der Waals surface area (Å²) in [5, 5.41) is 5.20. The van der Waals surface area contributed by atoms with Crippen LogP contribution >= 0.6 is 0 Å². The van der Waals surface area contributed by atoms with Crippen molar-refractivity contribution in [2.45, 2.75) is 45.1 Å². The summed E-state index contributed by atoms with van der Waals surface area (Å²) in [5.41, 5.74) is 1.43. The molecule has 2 aromatic carbocycles. The lowest BCUT2D eigenvalue weighted by atomic mass is 9.89. The summed E-state index contributed by atoms with van der Waals surface area (Å²) >= 11 is 0. The number of benzene rings is 2. The summed E-state index contributed by atoms with van der Waals surface area (Å²) in [7, 11) is 0. The fraction of sp³-hybridized carbons (Fsp3) is 0.391. The van der Waals surface area contributed by atoms with Crippen molar-refractivity contribution in [1.29, 1.82) is 0 Å². The lowest BCUT2D eigenvalue weighted by Gasteiger charge is -2.33. The third kappa shape index (κ3) is 5.95.